The van der Waals surface area contributed by atoms with Crippen molar-refractivity contribution in [2.24, 2.45) is 5.41 Å². The van der Waals surface area contributed by atoms with Crippen LogP contribution in [-0.2, 0) is 0 Å². The monoisotopic (exact) mass is 245 g/mol. The second-order valence-electron chi connectivity index (χ2n) is 5.35. The van der Waals surface area contributed by atoms with Gasteiger partial charge in [-0.05, 0) is 41.9 Å². The fourth-order valence-electron chi connectivity index (χ4n) is 1.90. The van der Waals surface area contributed by atoms with Gasteiger partial charge in [0.05, 0.1) is 6.07 Å². The highest BCUT2D eigenvalue weighted by Crippen LogP contribution is 2.51. The maximum absolute atomic E-state index is 8.78. The Bertz CT molecular complexity index is 410. The molecule has 0 bridgehead atoms. The van der Waals surface area contributed by atoms with Crippen molar-refractivity contribution >= 4 is 11.8 Å². The molecule has 1 aliphatic rings. The zero-order chi connectivity index (χ0) is 12.3. The molecule has 1 aromatic rings. The van der Waals surface area contributed by atoms with Crippen LogP contribution in [0.1, 0.15) is 44.6 Å². The third kappa shape index (κ3) is 3.26. The lowest BCUT2D eigenvalue weighted by atomic mass is 10.0. The number of hydrogen-bond donors (Lipinski definition) is 0. The Morgan fingerprint density at radius 1 is 1.29 bits per heavy atom. The molecule has 1 nitrogen and oxygen atoms in total. The van der Waals surface area contributed by atoms with Gasteiger partial charge >= 0.3 is 0 Å². The Morgan fingerprint density at radius 3 is 2.41 bits per heavy atom. The molecule has 90 valence electrons. The van der Waals surface area contributed by atoms with Crippen molar-refractivity contribution in [1.82, 2.24) is 0 Å². The van der Waals surface area contributed by atoms with Gasteiger partial charge in [-0.25, -0.2) is 0 Å². The molecule has 0 unspecified atom stereocenters. The number of benzene rings is 1. The molecule has 1 fully saturated rings. The molecule has 2 rings (SSSR count). The van der Waals surface area contributed by atoms with Crippen LogP contribution in [0.2, 0.25) is 0 Å². The summed E-state index contributed by atoms with van der Waals surface area (Å²) in [4.78, 5) is 1.33. The van der Waals surface area contributed by atoms with Crippen LogP contribution in [0.4, 0.5) is 0 Å². The Hall–Kier alpha value is -0.940. The summed E-state index contributed by atoms with van der Waals surface area (Å²) in [7, 11) is 0. The lowest BCUT2D eigenvalue weighted by Gasteiger charge is -2.11. The predicted molar refractivity (Wildman–Crippen MR) is 73.2 cm³/mol. The Morgan fingerprint density at radius 2 is 1.94 bits per heavy atom. The van der Waals surface area contributed by atoms with Gasteiger partial charge < -0.3 is 0 Å². The molecule has 17 heavy (non-hydrogen) atoms. The lowest BCUT2D eigenvalue weighted by Crippen LogP contribution is -2.02. The average molecular weight is 245 g/mol. The van der Waals surface area contributed by atoms with Gasteiger partial charge in [-0.15, -0.1) is 11.8 Å². The van der Waals surface area contributed by atoms with Crippen molar-refractivity contribution in [3.63, 3.8) is 0 Å². The van der Waals surface area contributed by atoms with E-state index in [4.69, 9.17) is 5.26 Å². The van der Waals surface area contributed by atoms with Gasteiger partial charge in [0.15, 0.2) is 0 Å². The first-order chi connectivity index (χ1) is 8.15. The Kier molecular flexibility index (Phi) is 3.79. The smallest absolute Gasteiger partial charge is 0.0627 e. The van der Waals surface area contributed by atoms with Gasteiger partial charge in [0, 0.05) is 17.1 Å². The Balaban J connectivity index is 1.90. The highest BCUT2D eigenvalue weighted by molar-refractivity contribution is 7.99. The number of rotatable bonds is 5. The van der Waals surface area contributed by atoms with Gasteiger partial charge in [-0.1, -0.05) is 26.0 Å². The third-order valence-corrected chi connectivity index (χ3v) is 4.87. The topological polar surface area (TPSA) is 23.8 Å². The summed E-state index contributed by atoms with van der Waals surface area (Å²) in [5.41, 5.74) is 1.74. The molecule has 0 saturated heterocycles. The van der Waals surface area contributed by atoms with Crippen LogP contribution in [-0.4, -0.2) is 5.75 Å². The zero-order valence-electron chi connectivity index (χ0n) is 10.6. The van der Waals surface area contributed by atoms with Crippen LogP contribution in [0.25, 0.3) is 0 Å². The summed E-state index contributed by atoms with van der Waals surface area (Å²) in [6, 6.07) is 11.2. The van der Waals surface area contributed by atoms with E-state index in [1.165, 1.54) is 23.3 Å². The molecule has 0 N–H and O–H groups in total. The van der Waals surface area contributed by atoms with E-state index in [0.717, 1.165) is 12.2 Å². The van der Waals surface area contributed by atoms with Gasteiger partial charge in [0.25, 0.3) is 0 Å². The van der Waals surface area contributed by atoms with Gasteiger partial charge in [0.2, 0.25) is 0 Å². The zero-order valence-corrected chi connectivity index (χ0v) is 11.4. The summed E-state index contributed by atoms with van der Waals surface area (Å²) in [6.07, 6.45) is 3.19. The van der Waals surface area contributed by atoms with Crippen molar-refractivity contribution in [2.75, 3.05) is 5.75 Å². The van der Waals surface area contributed by atoms with E-state index in [1.54, 1.807) is 0 Å². The van der Waals surface area contributed by atoms with Gasteiger partial charge in [-0.3, -0.25) is 0 Å². The molecule has 1 aromatic carbocycles. The maximum atomic E-state index is 8.78. The second-order valence-corrected chi connectivity index (χ2v) is 6.40. The van der Waals surface area contributed by atoms with Crippen molar-refractivity contribution < 1.29 is 0 Å². The first kappa shape index (κ1) is 12.5. The average Bonchev–Trinajstić information content (AvgIpc) is 3.08. The van der Waals surface area contributed by atoms with E-state index >= 15 is 0 Å². The molecule has 0 heterocycles. The normalized spacial score (nSPS) is 16.8. The minimum atomic E-state index is 0.343. The molecular formula is C15H19NS. The molecule has 0 atom stereocenters. The summed E-state index contributed by atoms with van der Waals surface area (Å²) in [6.45, 7) is 4.43. The molecule has 0 radical (unpaired) electrons. The van der Waals surface area contributed by atoms with Gasteiger partial charge in [-0.2, -0.15) is 5.26 Å². The lowest BCUT2D eigenvalue weighted by molar-refractivity contribution is 0.604. The van der Waals surface area contributed by atoms with Crippen LogP contribution in [0.15, 0.2) is 29.2 Å². The number of thioether (sulfide) groups is 1. The van der Waals surface area contributed by atoms with Crippen molar-refractivity contribution in [2.45, 2.75) is 43.9 Å². The van der Waals surface area contributed by atoms with Crippen LogP contribution in [0, 0.1) is 16.7 Å². The summed E-state index contributed by atoms with van der Waals surface area (Å²) >= 11 is 1.90. The minimum Gasteiger partial charge on any atom is -0.198 e. The molecule has 1 aliphatic carbocycles. The molecule has 0 aliphatic heterocycles. The SMILES string of the molecule is CC(C)c1ccc(SCC2(CC#N)CC2)cc1. The standard InChI is InChI=1S/C15H19NS/c1-12(2)13-3-5-14(6-4-13)17-11-15(7-8-15)9-10-16/h3-6,12H,7-9,11H2,1-2H3. The van der Waals surface area contributed by atoms with Crippen molar-refractivity contribution in [1.29, 1.82) is 5.26 Å². The molecule has 0 spiro atoms. The van der Waals surface area contributed by atoms with E-state index in [-0.39, 0.29) is 0 Å². The van der Waals surface area contributed by atoms with Gasteiger partial charge in [0.1, 0.15) is 0 Å². The van der Waals surface area contributed by atoms with E-state index < -0.39 is 0 Å². The third-order valence-electron chi connectivity index (χ3n) is 3.50. The van der Waals surface area contributed by atoms with Crippen LogP contribution in [0.3, 0.4) is 0 Å². The van der Waals surface area contributed by atoms with Crippen LogP contribution in [0.5, 0.6) is 0 Å². The molecule has 2 heteroatoms. The highest BCUT2D eigenvalue weighted by Gasteiger charge is 2.42. The fourth-order valence-corrected chi connectivity index (χ4v) is 3.09. The molecule has 0 aromatic heterocycles. The van der Waals surface area contributed by atoms with E-state index in [1.807, 2.05) is 11.8 Å². The summed E-state index contributed by atoms with van der Waals surface area (Å²) in [5, 5.41) is 8.78. The largest absolute Gasteiger partial charge is 0.198 e. The quantitative estimate of drug-likeness (QED) is 0.708. The number of nitriles is 1. The van der Waals surface area contributed by atoms with E-state index in [9.17, 15) is 0 Å². The number of nitrogens with zero attached hydrogens (tertiary/aromatic N) is 1. The second kappa shape index (κ2) is 5.14. The fraction of sp³-hybridized carbons (Fsp3) is 0.533. The highest BCUT2D eigenvalue weighted by atomic mass is 32.2. The first-order valence-electron chi connectivity index (χ1n) is 6.25. The maximum Gasteiger partial charge on any atom is 0.0627 e. The first-order valence-corrected chi connectivity index (χ1v) is 7.23. The van der Waals surface area contributed by atoms with Crippen molar-refractivity contribution in [3.05, 3.63) is 29.8 Å². The summed E-state index contributed by atoms with van der Waals surface area (Å²) in [5.74, 6) is 1.70. The molecule has 1 saturated carbocycles. The minimum absolute atomic E-state index is 0.343. The van der Waals surface area contributed by atoms with E-state index in [0.29, 0.717) is 11.3 Å². The predicted octanol–water partition coefficient (Wildman–Crippen LogP) is 4.60. The van der Waals surface area contributed by atoms with E-state index in [2.05, 4.69) is 44.2 Å². The molecule has 0 amide bonds. The Labute approximate surface area is 108 Å². The van der Waals surface area contributed by atoms with Crippen LogP contribution < -0.4 is 0 Å². The summed E-state index contributed by atoms with van der Waals surface area (Å²) < 4.78 is 0. The number of hydrogen-bond acceptors (Lipinski definition) is 2. The van der Waals surface area contributed by atoms with Crippen LogP contribution >= 0.6 is 11.8 Å². The molecular weight excluding hydrogens is 226 g/mol. The van der Waals surface area contributed by atoms with Crippen molar-refractivity contribution in [3.8, 4) is 6.07 Å².